The smallest absolute Gasteiger partial charge is 0.164 e. The summed E-state index contributed by atoms with van der Waals surface area (Å²) in [6.07, 6.45) is 0.537. The summed E-state index contributed by atoms with van der Waals surface area (Å²) in [5, 5.41) is 0. The number of ketones is 1. The van der Waals surface area contributed by atoms with Gasteiger partial charge in [0, 0.05) is 31.3 Å². The van der Waals surface area contributed by atoms with Crippen LogP contribution in [0.15, 0.2) is 48.5 Å². The summed E-state index contributed by atoms with van der Waals surface area (Å²) >= 11 is 0. The minimum Gasteiger partial charge on any atom is -0.374 e. The quantitative estimate of drug-likeness (QED) is 0.763. The maximum absolute atomic E-state index is 12.2. The standard InChI is InChI=1S/C18H21NO/c1-14-7-6-9-16(13-14)19(3)12-11-18(20)17-10-5-4-8-15(17)2/h4-10,13H,11-12H2,1-3H3. The molecule has 0 aromatic heterocycles. The first-order valence-electron chi connectivity index (χ1n) is 6.94. The number of hydrogen-bond acceptors (Lipinski definition) is 2. The van der Waals surface area contributed by atoms with E-state index < -0.39 is 0 Å². The van der Waals surface area contributed by atoms with Crippen LogP contribution in [0.1, 0.15) is 27.9 Å². The van der Waals surface area contributed by atoms with Crippen LogP contribution in [0.25, 0.3) is 0 Å². The highest BCUT2D eigenvalue weighted by molar-refractivity contribution is 5.97. The van der Waals surface area contributed by atoms with E-state index in [0.717, 1.165) is 23.4 Å². The lowest BCUT2D eigenvalue weighted by Gasteiger charge is -2.19. The molecular weight excluding hydrogens is 246 g/mol. The molecular formula is C18H21NO. The Balaban J connectivity index is 1.99. The topological polar surface area (TPSA) is 20.3 Å². The molecule has 2 rings (SSSR count). The Bertz CT molecular complexity index is 604. The van der Waals surface area contributed by atoms with Crippen LogP contribution in [-0.2, 0) is 0 Å². The molecule has 0 fully saturated rings. The Morgan fingerprint density at radius 3 is 2.50 bits per heavy atom. The molecule has 104 valence electrons. The fourth-order valence-electron chi connectivity index (χ4n) is 2.28. The zero-order valence-electron chi connectivity index (χ0n) is 12.4. The van der Waals surface area contributed by atoms with Crippen LogP contribution in [0.2, 0.25) is 0 Å². The monoisotopic (exact) mass is 267 g/mol. The number of hydrogen-bond donors (Lipinski definition) is 0. The molecule has 0 amide bonds. The first-order chi connectivity index (χ1) is 9.58. The highest BCUT2D eigenvalue weighted by Gasteiger charge is 2.10. The van der Waals surface area contributed by atoms with E-state index >= 15 is 0 Å². The lowest BCUT2D eigenvalue weighted by molar-refractivity contribution is 0.0984. The first-order valence-corrected chi connectivity index (χ1v) is 6.94. The molecule has 2 aromatic rings. The lowest BCUT2D eigenvalue weighted by atomic mass is 10.0. The average molecular weight is 267 g/mol. The fraction of sp³-hybridized carbons (Fsp3) is 0.278. The lowest BCUT2D eigenvalue weighted by Crippen LogP contribution is -2.21. The van der Waals surface area contributed by atoms with Crippen molar-refractivity contribution in [1.82, 2.24) is 0 Å². The normalized spacial score (nSPS) is 10.3. The first kappa shape index (κ1) is 14.3. The summed E-state index contributed by atoms with van der Waals surface area (Å²) in [6, 6.07) is 16.1. The zero-order chi connectivity index (χ0) is 14.5. The SMILES string of the molecule is Cc1cccc(N(C)CCC(=O)c2ccccc2C)c1. The van der Waals surface area contributed by atoms with Crippen LogP contribution < -0.4 is 4.90 Å². The van der Waals surface area contributed by atoms with E-state index in [1.54, 1.807) is 0 Å². The van der Waals surface area contributed by atoms with Gasteiger partial charge >= 0.3 is 0 Å². The predicted octanol–water partition coefficient (Wildman–Crippen LogP) is 4.01. The van der Waals surface area contributed by atoms with Crippen LogP contribution >= 0.6 is 0 Å². The van der Waals surface area contributed by atoms with Crippen molar-refractivity contribution >= 4 is 11.5 Å². The van der Waals surface area contributed by atoms with Gasteiger partial charge in [-0.1, -0.05) is 36.4 Å². The molecule has 0 radical (unpaired) electrons. The van der Waals surface area contributed by atoms with Gasteiger partial charge in [0.25, 0.3) is 0 Å². The van der Waals surface area contributed by atoms with E-state index in [2.05, 4.69) is 30.0 Å². The molecule has 0 unspecified atom stereocenters. The van der Waals surface area contributed by atoms with Crippen molar-refractivity contribution in [2.24, 2.45) is 0 Å². The number of carbonyl (C=O) groups is 1. The van der Waals surface area contributed by atoms with E-state index in [0.29, 0.717) is 6.42 Å². The summed E-state index contributed by atoms with van der Waals surface area (Å²) in [5.74, 6) is 0.211. The zero-order valence-corrected chi connectivity index (χ0v) is 12.4. The second-order valence-electron chi connectivity index (χ2n) is 5.25. The average Bonchev–Trinajstić information content (AvgIpc) is 2.45. The van der Waals surface area contributed by atoms with E-state index in [4.69, 9.17) is 0 Å². The second-order valence-corrected chi connectivity index (χ2v) is 5.25. The van der Waals surface area contributed by atoms with Crippen molar-refractivity contribution < 1.29 is 4.79 Å². The number of Topliss-reactive ketones (excluding diaryl/α,β-unsaturated/α-hetero) is 1. The second kappa shape index (κ2) is 6.38. The molecule has 2 aromatic carbocycles. The summed E-state index contributed by atoms with van der Waals surface area (Å²) in [7, 11) is 2.03. The van der Waals surface area contributed by atoms with E-state index in [1.165, 1.54) is 5.56 Å². The Hall–Kier alpha value is -2.09. The molecule has 0 spiro atoms. The van der Waals surface area contributed by atoms with E-state index in [1.807, 2.05) is 44.3 Å². The molecule has 0 bridgehead atoms. The van der Waals surface area contributed by atoms with Gasteiger partial charge < -0.3 is 4.90 Å². The van der Waals surface area contributed by atoms with Crippen molar-refractivity contribution in [3.8, 4) is 0 Å². The van der Waals surface area contributed by atoms with Crippen LogP contribution in [0.3, 0.4) is 0 Å². The van der Waals surface area contributed by atoms with Gasteiger partial charge in [0.1, 0.15) is 0 Å². The Kier molecular flexibility index (Phi) is 4.57. The third kappa shape index (κ3) is 3.47. The molecule has 0 atom stereocenters. The van der Waals surface area contributed by atoms with Gasteiger partial charge in [-0.25, -0.2) is 0 Å². The van der Waals surface area contributed by atoms with Crippen molar-refractivity contribution in [3.05, 3.63) is 65.2 Å². The van der Waals surface area contributed by atoms with Crippen LogP contribution in [0.5, 0.6) is 0 Å². The summed E-state index contributed by atoms with van der Waals surface area (Å²) in [4.78, 5) is 14.4. The van der Waals surface area contributed by atoms with Gasteiger partial charge in [-0.3, -0.25) is 4.79 Å². The summed E-state index contributed by atoms with van der Waals surface area (Å²) in [6.45, 7) is 4.80. The van der Waals surface area contributed by atoms with Crippen molar-refractivity contribution in [1.29, 1.82) is 0 Å². The molecule has 0 saturated heterocycles. The Morgan fingerprint density at radius 1 is 1.05 bits per heavy atom. The van der Waals surface area contributed by atoms with Crippen molar-refractivity contribution in [2.75, 3.05) is 18.5 Å². The highest BCUT2D eigenvalue weighted by Crippen LogP contribution is 2.16. The highest BCUT2D eigenvalue weighted by atomic mass is 16.1. The third-order valence-corrected chi connectivity index (χ3v) is 3.56. The number of aryl methyl sites for hydroxylation is 2. The fourth-order valence-corrected chi connectivity index (χ4v) is 2.28. The van der Waals surface area contributed by atoms with Gasteiger partial charge in [-0.15, -0.1) is 0 Å². The molecule has 0 aliphatic heterocycles. The van der Waals surface area contributed by atoms with Gasteiger partial charge in [0.15, 0.2) is 5.78 Å². The maximum atomic E-state index is 12.2. The minimum atomic E-state index is 0.211. The van der Waals surface area contributed by atoms with Gasteiger partial charge in [0.2, 0.25) is 0 Å². The molecule has 0 N–H and O–H groups in total. The molecule has 2 nitrogen and oxygen atoms in total. The molecule has 2 heteroatoms. The Morgan fingerprint density at radius 2 is 1.80 bits per heavy atom. The molecule has 20 heavy (non-hydrogen) atoms. The van der Waals surface area contributed by atoms with E-state index in [-0.39, 0.29) is 5.78 Å². The van der Waals surface area contributed by atoms with Crippen molar-refractivity contribution in [3.63, 3.8) is 0 Å². The largest absolute Gasteiger partial charge is 0.374 e. The van der Waals surface area contributed by atoms with Crippen molar-refractivity contribution in [2.45, 2.75) is 20.3 Å². The number of anilines is 1. The van der Waals surface area contributed by atoms with Gasteiger partial charge in [-0.2, -0.15) is 0 Å². The minimum absolute atomic E-state index is 0.211. The molecule has 0 aliphatic carbocycles. The van der Waals surface area contributed by atoms with Gasteiger partial charge in [-0.05, 0) is 37.1 Å². The molecule has 0 heterocycles. The van der Waals surface area contributed by atoms with Crippen LogP contribution in [0, 0.1) is 13.8 Å². The summed E-state index contributed by atoms with van der Waals surface area (Å²) < 4.78 is 0. The predicted molar refractivity (Wildman–Crippen MR) is 84.6 cm³/mol. The summed E-state index contributed by atoms with van der Waals surface area (Å²) in [5.41, 5.74) is 4.28. The van der Waals surface area contributed by atoms with Crippen LogP contribution in [0.4, 0.5) is 5.69 Å². The molecule has 0 aliphatic rings. The van der Waals surface area contributed by atoms with Gasteiger partial charge in [0.05, 0.1) is 0 Å². The number of benzene rings is 2. The number of nitrogens with zero attached hydrogens (tertiary/aromatic N) is 1. The number of rotatable bonds is 5. The molecule has 0 saturated carbocycles. The van der Waals surface area contributed by atoms with E-state index in [9.17, 15) is 4.79 Å². The number of carbonyl (C=O) groups excluding carboxylic acids is 1. The Labute approximate surface area is 121 Å². The third-order valence-electron chi connectivity index (χ3n) is 3.56. The maximum Gasteiger partial charge on any atom is 0.164 e. The van der Waals surface area contributed by atoms with Crippen LogP contribution in [-0.4, -0.2) is 19.4 Å².